The molecule has 1 amide bonds. The summed E-state index contributed by atoms with van der Waals surface area (Å²) in [5, 5.41) is 0. The lowest BCUT2D eigenvalue weighted by Crippen LogP contribution is -2.27. The maximum absolute atomic E-state index is 11.3. The van der Waals surface area contributed by atoms with Gasteiger partial charge in [0, 0.05) is 31.1 Å². The monoisotopic (exact) mass is 180 g/mol. The normalized spacial score (nSPS) is 22.7. The number of amides is 1. The van der Waals surface area contributed by atoms with Crippen LogP contribution in [0.5, 0.6) is 0 Å². The van der Waals surface area contributed by atoms with Crippen molar-refractivity contribution in [3.05, 3.63) is 24.2 Å². The third-order valence-electron chi connectivity index (χ3n) is 2.20. The topological polar surface area (TPSA) is 59.5 Å². The second-order valence-electron chi connectivity index (χ2n) is 3.37. The van der Waals surface area contributed by atoms with Crippen LogP contribution in [0.15, 0.2) is 23.0 Å². The molecule has 0 radical (unpaired) electrons. The molecule has 1 aromatic rings. The number of rotatable bonds is 2. The van der Waals surface area contributed by atoms with Crippen LogP contribution in [0.2, 0.25) is 0 Å². The molecule has 0 spiro atoms. The van der Waals surface area contributed by atoms with Gasteiger partial charge in [-0.15, -0.1) is 0 Å². The summed E-state index contributed by atoms with van der Waals surface area (Å²) in [6.45, 7) is 1.27. The van der Waals surface area contributed by atoms with E-state index in [0.29, 0.717) is 19.5 Å². The molecular formula is C9H12N2O2. The summed E-state index contributed by atoms with van der Waals surface area (Å²) in [7, 11) is 0. The van der Waals surface area contributed by atoms with Crippen molar-refractivity contribution in [2.75, 3.05) is 6.54 Å². The SMILES string of the molecule is NC1CC(=O)N(Cc2ccoc2)C1. The van der Waals surface area contributed by atoms with Gasteiger partial charge in [-0.3, -0.25) is 4.79 Å². The van der Waals surface area contributed by atoms with Gasteiger partial charge in [0.15, 0.2) is 0 Å². The molecule has 13 heavy (non-hydrogen) atoms. The predicted molar refractivity (Wildman–Crippen MR) is 46.7 cm³/mol. The Hall–Kier alpha value is -1.29. The van der Waals surface area contributed by atoms with Crippen LogP contribution in [-0.4, -0.2) is 23.4 Å². The molecule has 0 saturated carbocycles. The van der Waals surface area contributed by atoms with Crippen molar-refractivity contribution in [3.8, 4) is 0 Å². The Labute approximate surface area is 76.3 Å². The molecule has 1 aliphatic rings. The van der Waals surface area contributed by atoms with E-state index in [1.807, 2.05) is 6.07 Å². The number of carbonyl (C=O) groups excluding carboxylic acids is 1. The molecule has 4 nitrogen and oxygen atoms in total. The lowest BCUT2D eigenvalue weighted by atomic mass is 10.3. The molecule has 0 aromatic carbocycles. The highest BCUT2D eigenvalue weighted by molar-refractivity contribution is 5.79. The Bertz CT molecular complexity index is 295. The van der Waals surface area contributed by atoms with Crippen molar-refractivity contribution in [2.24, 2.45) is 5.73 Å². The molecule has 1 aliphatic heterocycles. The Morgan fingerprint density at radius 2 is 2.54 bits per heavy atom. The van der Waals surface area contributed by atoms with Crippen LogP contribution in [0.3, 0.4) is 0 Å². The molecule has 0 bridgehead atoms. The highest BCUT2D eigenvalue weighted by Crippen LogP contribution is 2.13. The average molecular weight is 180 g/mol. The third kappa shape index (κ3) is 1.72. The van der Waals surface area contributed by atoms with Crippen molar-refractivity contribution in [2.45, 2.75) is 19.0 Å². The van der Waals surface area contributed by atoms with E-state index in [9.17, 15) is 4.79 Å². The number of hydrogen-bond acceptors (Lipinski definition) is 3. The second-order valence-corrected chi connectivity index (χ2v) is 3.37. The fraction of sp³-hybridized carbons (Fsp3) is 0.444. The first-order valence-corrected chi connectivity index (χ1v) is 4.30. The minimum absolute atomic E-state index is 0.000555. The smallest absolute Gasteiger partial charge is 0.224 e. The van der Waals surface area contributed by atoms with Crippen LogP contribution in [0.25, 0.3) is 0 Å². The maximum Gasteiger partial charge on any atom is 0.224 e. The van der Waals surface area contributed by atoms with Crippen LogP contribution in [0, 0.1) is 0 Å². The van der Waals surface area contributed by atoms with Crippen molar-refractivity contribution < 1.29 is 9.21 Å². The number of likely N-dealkylation sites (tertiary alicyclic amines) is 1. The number of carbonyl (C=O) groups is 1. The van der Waals surface area contributed by atoms with Crippen LogP contribution >= 0.6 is 0 Å². The molecular weight excluding hydrogens is 168 g/mol. The summed E-state index contributed by atoms with van der Waals surface area (Å²) in [5.41, 5.74) is 6.67. The summed E-state index contributed by atoms with van der Waals surface area (Å²) < 4.78 is 4.92. The zero-order valence-electron chi connectivity index (χ0n) is 7.27. The Balaban J connectivity index is 1.99. The van der Waals surface area contributed by atoms with Gasteiger partial charge in [-0.05, 0) is 6.07 Å². The maximum atomic E-state index is 11.3. The Kier molecular flexibility index (Phi) is 2.06. The molecule has 4 heteroatoms. The van der Waals surface area contributed by atoms with Gasteiger partial charge < -0.3 is 15.1 Å². The number of furan rings is 1. The van der Waals surface area contributed by atoms with E-state index in [1.54, 1.807) is 17.4 Å². The van der Waals surface area contributed by atoms with Gasteiger partial charge in [0.05, 0.1) is 12.5 Å². The first-order valence-electron chi connectivity index (χ1n) is 4.30. The molecule has 2 N–H and O–H groups in total. The molecule has 1 saturated heterocycles. The Morgan fingerprint density at radius 1 is 1.69 bits per heavy atom. The van der Waals surface area contributed by atoms with Crippen molar-refractivity contribution in [1.29, 1.82) is 0 Å². The fourth-order valence-electron chi connectivity index (χ4n) is 1.56. The standard InChI is InChI=1S/C9H12N2O2/c10-8-3-9(12)11(5-8)4-7-1-2-13-6-7/h1-2,6,8H,3-5,10H2. The molecule has 1 unspecified atom stereocenters. The van der Waals surface area contributed by atoms with Gasteiger partial charge in [0.25, 0.3) is 0 Å². The zero-order chi connectivity index (χ0) is 9.26. The van der Waals surface area contributed by atoms with Gasteiger partial charge in [-0.2, -0.15) is 0 Å². The van der Waals surface area contributed by atoms with E-state index in [4.69, 9.17) is 10.2 Å². The minimum Gasteiger partial charge on any atom is -0.472 e. The van der Waals surface area contributed by atoms with Gasteiger partial charge in [0.1, 0.15) is 0 Å². The largest absolute Gasteiger partial charge is 0.472 e. The van der Waals surface area contributed by atoms with Crippen molar-refractivity contribution in [1.82, 2.24) is 4.90 Å². The molecule has 0 aliphatic carbocycles. The van der Waals surface area contributed by atoms with E-state index >= 15 is 0 Å². The van der Waals surface area contributed by atoms with Gasteiger partial charge >= 0.3 is 0 Å². The highest BCUT2D eigenvalue weighted by Gasteiger charge is 2.26. The molecule has 1 aromatic heterocycles. The van der Waals surface area contributed by atoms with Crippen LogP contribution in [0.4, 0.5) is 0 Å². The summed E-state index contributed by atoms with van der Waals surface area (Å²) >= 11 is 0. The summed E-state index contributed by atoms with van der Waals surface area (Å²) in [6.07, 6.45) is 3.73. The van der Waals surface area contributed by atoms with E-state index in [1.165, 1.54) is 0 Å². The summed E-state index contributed by atoms with van der Waals surface area (Å²) in [6, 6.07) is 1.86. The lowest BCUT2D eigenvalue weighted by molar-refractivity contribution is -0.128. The van der Waals surface area contributed by atoms with Crippen LogP contribution in [0.1, 0.15) is 12.0 Å². The number of hydrogen-bond donors (Lipinski definition) is 1. The number of nitrogens with two attached hydrogens (primary N) is 1. The Morgan fingerprint density at radius 3 is 3.08 bits per heavy atom. The van der Waals surface area contributed by atoms with E-state index in [2.05, 4.69) is 0 Å². The van der Waals surface area contributed by atoms with E-state index < -0.39 is 0 Å². The molecule has 70 valence electrons. The van der Waals surface area contributed by atoms with Crippen LogP contribution < -0.4 is 5.73 Å². The van der Waals surface area contributed by atoms with E-state index in [-0.39, 0.29) is 11.9 Å². The zero-order valence-corrected chi connectivity index (χ0v) is 7.27. The third-order valence-corrected chi connectivity index (χ3v) is 2.20. The van der Waals surface area contributed by atoms with Gasteiger partial charge in [-0.25, -0.2) is 0 Å². The average Bonchev–Trinajstić information content (AvgIpc) is 2.63. The van der Waals surface area contributed by atoms with Gasteiger partial charge in [-0.1, -0.05) is 0 Å². The molecule has 1 atom stereocenters. The second kappa shape index (κ2) is 3.22. The number of nitrogens with zero attached hydrogens (tertiary/aromatic N) is 1. The molecule has 2 rings (SSSR count). The summed E-state index contributed by atoms with van der Waals surface area (Å²) in [5.74, 6) is 0.133. The van der Waals surface area contributed by atoms with E-state index in [0.717, 1.165) is 5.56 Å². The predicted octanol–water partition coefficient (Wildman–Crippen LogP) is 0.339. The van der Waals surface area contributed by atoms with Crippen molar-refractivity contribution in [3.63, 3.8) is 0 Å². The quantitative estimate of drug-likeness (QED) is 0.714. The van der Waals surface area contributed by atoms with Crippen LogP contribution in [-0.2, 0) is 11.3 Å². The molecule has 2 heterocycles. The van der Waals surface area contributed by atoms with Crippen molar-refractivity contribution >= 4 is 5.91 Å². The minimum atomic E-state index is -0.000555. The first kappa shape index (κ1) is 8.31. The fourth-order valence-corrected chi connectivity index (χ4v) is 1.56. The highest BCUT2D eigenvalue weighted by atomic mass is 16.3. The summed E-state index contributed by atoms with van der Waals surface area (Å²) in [4.78, 5) is 13.1. The van der Waals surface area contributed by atoms with Gasteiger partial charge in [0.2, 0.25) is 5.91 Å². The molecule has 1 fully saturated rings. The first-order chi connectivity index (χ1) is 6.25. The lowest BCUT2D eigenvalue weighted by Gasteiger charge is -2.13.